The number of nitrogens with one attached hydrogen (secondary N) is 2. The van der Waals surface area contributed by atoms with Crippen molar-refractivity contribution in [3.05, 3.63) is 35.9 Å². The lowest BCUT2D eigenvalue weighted by Gasteiger charge is -2.65. The van der Waals surface area contributed by atoms with E-state index in [4.69, 9.17) is 18.0 Å². The molecular weight excluding hydrogens is 434 g/mol. The molecule has 0 aromatic heterocycles. The highest BCUT2D eigenvalue weighted by Gasteiger charge is 2.62. The van der Waals surface area contributed by atoms with Crippen LogP contribution in [-0.2, 0) is 5.41 Å². The van der Waals surface area contributed by atoms with Gasteiger partial charge in [-0.3, -0.25) is 0 Å². The van der Waals surface area contributed by atoms with E-state index in [1.165, 1.54) is 88.6 Å². The summed E-state index contributed by atoms with van der Waals surface area (Å²) in [5.41, 5.74) is 8.09. The van der Waals surface area contributed by atoms with Crippen molar-refractivity contribution in [3.63, 3.8) is 0 Å². The molecule has 5 aliphatic rings. The van der Waals surface area contributed by atoms with Gasteiger partial charge in [0.25, 0.3) is 0 Å². The quantitative estimate of drug-likeness (QED) is 0.285. The first-order valence-electron chi connectivity index (χ1n) is 14.3. The van der Waals surface area contributed by atoms with Gasteiger partial charge in [-0.15, -0.1) is 0 Å². The van der Waals surface area contributed by atoms with Gasteiger partial charge in [-0.2, -0.15) is 0 Å². The summed E-state index contributed by atoms with van der Waals surface area (Å²) in [4.78, 5) is 1.22. The lowest BCUT2D eigenvalue weighted by molar-refractivity contribution is -0.0842. The van der Waals surface area contributed by atoms with Crippen molar-refractivity contribution in [1.29, 1.82) is 0 Å². The van der Waals surface area contributed by atoms with Crippen LogP contribution in [0.5, 0.6) is 0 Å². The Morgan fingerprint density at radius 3 is 2.35 bits per heavy atom. The summed E-state index contributed by atoms with van der Waals surface area (Å²) < 4.78 is 0. The Balaban J connectivity index is 1.32. The van der Waals surface area contributed by atoms with Gasteiger partial charge in [0.1, 0.15) is 0 Å². The van der Waals surface area contributed by atoms with Crippen molar-refractivity contribution in [2.24, 2.45) is 34.8 Å². The second-order valence-corrected chi connectivity index (χ2v) is 12.8. The molecule has 3 nitrogen and oxygen atoms in total. The topological polar surface area (TPSA) is 50.1 Å². The summed E-state index contributed by atoms with van der Waals surface area (Å²) in [5, 5.41) is 7.58. The van der Waals surface area contributed by atoms with Gasteiger partial charge in [-0.25, -0.2) is 0 Å². The Morgan fingerprint density at radius 2 is 1.71 bits per heavy atom. The zero-order valence-corrected chi connectivity index (χ0v) is 22.2. The van der Waals surface area contributed by atoms with E-state index in [2.05, 4.69) is 47.9 Å². The Hall–Kier alpha value is -0.970. The molecule has 2 unspecified atom stereocenters. The second kappa shape index (κ2) is 10.6. The van der Waals surface area contributed by atoms with Crippen LogP contribution in [0.15, 0.2) is 30.3 Å². The Labute approximate surface area is 213 Å². The first kappa shape index (κ1) is 24.7. The number of hydrogen-bond acceptors (Lipinski definition) is 3. The van der Waals surface area contributed by atoms with E-state index >= 15 is 0 Å². The fraction of sp³-hybridized carbons (Fsp3) is 0.767. The highest BCUT2D eigenvalue weighted by Crippen LogP contribution is 2.68. The lowest BCUT2D eigenvalue weighted by atomic mass is 9.40. The van der Waals surface area contributed by atoms with Crippen LogP contribution in [0.25, 0.3) is 0 Å². The average molecular weight is 482 g/mol. The van der Waals surface area contributed by atoms with Crippen LogP contribution in [0, 0.1) is 29.1 Å². The fourth-order valence-corrected chi connectivity index (χ4v) is 9.16. The number of rotatable bonds is 10. The van der Waals surface area contributed by atoms with E-state index in [0.29, 0.717) is 11.5 Å². The number of hydrogen-bond donors (Lipinski definition) is 3. The molecule has 0 radical (unpaired) electrons. The summed E-state index contributed by atoms with van der Waals surface area (Å²) in [6.07, 6.45) is 15.6. The van der Waals surface area contributed by atoms with Gasteiger partial charge in [0.05, 0.1) is 4.99 Å². The molecule has 1 aromatic rings. The van der Waals surface area contributed by atoms with Crippen molar-refractivity contribution in [3.8, 4) is 0 Å². The molecule has 0 amide bonds. The highest BCUT2D eigenvalue weighted by atomic mass is 32.1. The third-order valence-electron chi connectivity index (χ3n) is 10.2. The molecule has 0 aliphatic heterocycles. The van der Waals surface area contributed by atoms with Gasteiger partial charge in [0.2, 0.25) is 0 Å². The third kappa shape index (κ3) is 4.84. The van der Waals surface area contributed by atoms with E-state index in [-0.39, 0.29) is 5.41 Å². The highest BCUT2D eigenvalue weighted by molar-refractivity contribution is 7.80. The molecular formula is C30H47N3S. The first-order chi connectivity index (χ1) is 16.6. The molecule has 0 saturated heterocycles. The van der Waals surface area contributed by atoms with Crippen LogP contribution in [-0.4, -0.2) is 30.7 Å². The maximum absolute atomic E-state index is 6.31. The van der Waals surface area contributed by atoms with Crippen molar-refractivity contribution in [2.75, 3.05) is 19.6 Å². The summed E-state index contributed by atoms with van der Waals surface area (Å²) in [6, 6.07) is 12.1. The molecule has 6 rings (SSSR count). The molecule has 5 fully saturated rings. The molecule has 5 saturated carbocycles. The minimum absolute atomic E-state index is 0.221. The van der Waals surface area contributed by atoms with E-state index in [1.807, 2.05) is 0 Å². The van der Waals surface area contributed by atoms with E-state index in [9.17, 15) is 0 Å². The predicted molar refractivity (Wildman–Crippen MR) is 147 cm³/mol. The van der Waals surface area contributed by atoms with Gasteiger partial charge in [-0.05, 0) is 131 Å². The number of nitrogens with two attached hydrogens (primary N) is 1. The van der Waals surface area contributed by atoms with E-state index < -0.39 is 0 Å². The van der Waals surface area contributed by atoms with Crippen LogP contribution >= 0.6 is 12.2 Å². The van der Waals surface area contributed by atoms with Gasteiger partial charge >= 0.3 is 0 Å². The summed E-state index contributed by atoms with van der Waals surface area (Å²) >= 11 is 6.31. The van der Waals surface area contributed by atoms with Crippen LogP contribution in [0.1, 0.15) is 89.5 Å². The molecule has 0 spiro atoms. The molecule has 4 N–H and O–H groups in total. The minimum Gasteiger partial charge on any atom is -0.376 e. The SMILES string of the molecule is CCCNCCCC1C2CC3(C(=S)N[C@H]4CC[C@H](CN)CC4)CC1CC(c1ccccc1)(C2)C3. The van der Waals surface area contributed by atoms with Crippen LogP contribution in [0.3, 0.4) is 0 Å². The standard InChI is InChI=1S/C30H47N3S/c1-2-14-32-15-6-9-27-23-16-29(25-7-4-3-5-8-25)17-24(27)19-30(18-23,21-29)28(34)33-26-12-10-22(20-31)11-13-26/h3-5,7-8,22-24,26-27,32H,2,6,9-21,31H2,1H3,(H,33,34)/t22-,23?,24?,26-,27?,29?,30?. The molecule has 5 aliphatic carbocycles. The smallest absolute Gasteiger partial charge is 0.0818 e. The Kier molecular flexibility index (Phi) is 7.68. The van der Waals surface area contributed by atoms with Gasteiger partial charge in [0.15, 0.2) is 0 Å². The normalized spacial score (nSPS) is 38.7. The largest absolute Gasteiger partial charge is 0.376 e. The maximum atomic E-state index is 6.31. The maximum Gasteiger partial charge on any atom is 0.0818 e. The molecule has 1 aromatic carbocycles. The number of benzene rings is 1. The monoisotopic (exact) mass is 481 g/mol. The molecule has 0 heterocycles. The summed E-state index contributed by atoms with van der Waals surface area (Å²) in [7, 11) is 0. The van der Waals surface area contributed by atoms with Gasteiger partial charge in [0, 0.05) is 11.5 Å². The third-order valence-corrected chi connectivity index (χ3v) is 10.8. The van der Waals surface area contributed by atoms with Crippen molar-refractivity contribution >= 4 is 17.2 Å². The number of thiocarbonyl (C=S) groups is 1. The van der Waals surface area contributed by atoms with Crippen molar-refractivity contribution < 1.29 is 0 Å². The van der Waals surface area contributed by atoms with Crippen LogP contribution < -0.4 is 16.4 Å². The Morgan fingerprint density at radius 1 is 1.00 bits per heavy atom. The molecule has 4 heteroatoms. The molecule has 2 atom stereocenters. The van der Waals surface area contributed by atoms with Gasteiger partial charge in [-0.1, -0.05) is 49.5 Å². The van der Waals surface area contributed by atoms with E-state index in [0.717, 1.165) is 36.8 Å². The van der Waals surface area contributed by atoms with Crippen molar-refractivity contribution in [1.82, 2.24) is 10.6 Å². The molecule has 188 valence electrons. The molecule has 34 heavy (non-hydrogen) atoms. The zero-order valence-electron chi connectivity index (χ0n) is 21.4. The average Bonchev–Trinajstić information content (AvgIpc) is 2.86. The van der Waals surface area contributed by atoms with E-state index in [1.54, 1.807) is 5.56 Å². The van der Waals surface area contributed by atoms with Gasteiger partial charge < -0.3 is 16.4 Å². The lowest BCUT2D eigenvalue weighted by Crippen LogP contribution is -2.62. The summed E-state index contributed by atoms with van der Waals surface area (Å²) in [5.74, 6) is 3.29. The van der Waals surface area contributed by atoms with Crippen LogP contribution in [0.4, 0.5) is 0 Å². The second-order valence-electron chi connectivity index (χ2n) is 12.4. The van der Waals surface area contributed by atoms with Crippen LogP contribution in [0.2, 0.25) is 0 Å². The predicted octanol–water partition coefficient (Wildman–Crippen LogP) is 5.97. The first-order valence-corrected chi connectivity index (χ1v) is 14.8. The summed E-state index contributed by atoms with van der Waals surface area (Å²) in [6.45, 7) is 5.45. The van der Waals surface area contributed by atoms with Crippen molar-refractivity contribution in [2.45, 2.75) is 95.4 Å². The zero-order chi connectivity index (χ0) is 23.6. The minimum atomic E-state index is 0.221. The fourth-order valence-electron chi connectivity index (χ4n) is 8.76. The Bertz CT molecular complexity index is 800. The molecule has 4 bridgehead atoms.